The number of pyridine rings is 1. The molecule has 0 bridgehead atoms. The van der Waals surface area contributed by atoms with Gasteiger partial charge in [-0.2, -0.15) is 5.26 Å². The molecule has 0 unspecified atom stereocenters. The van der Waals surface area contributed by atoms with E-state index in [1.165, 1.54) is 0 Å². The maximum Gasteiger partial charge on any atom is 0.226 e. The summed E-state index contributed by atoms with van der Waals surface area (Å²) < 4.78 is 0. The summed E-state index contributed by atoms with van der Waals surface area (Å²) in [6, 6.07) is 7.59. The Balaban J connectivity index is 2.21. The lowest BCUT2D eigenvalue weighted by atomic mass is 10.2. The Hall–Kier alpha value is -2.48. The van der Waals surface area contributed by atoms with Gasteiger partial charge in [-0.3, -0.25) is 4.98 Å². The molecule has 18 heavy (non-hydrogen) atoms. The lowest BCUT2D eigenvalue weighted by molar-refractivity contribution is 0.854. The summed E-state index contributed by atoms with van der Waals surface area (Å²) in [6.07, 6.45) is 3.50. The van der Waals surface area contributed by atoms with Gasteiger partial charge in [0, 0.05) is 31.7 Å². The molecule has 0 spiro atoms. The second-order valence-electron chi connectivity index (χ2n) is 4.02. The molecule has 2 rings (SSSR count). The highest BCUT2D eigenvalue weighted by Gasteiger charge is 2.07. The van der Waals surface area contributed by atoms with Crippen molar-refractivity contribution >= 4 is 5.95 Å². The second-order valence-corrected chi connectivity index (χ2v) is 4.02. The third-order valence-corrected chi connectivity index (χ3v) is 2.47. The van der Waals surface area contributed by atoms with Crippen molar-refractivity contribution in [1.29, 1.82) is 5.26 Å². The van der Waals surface area contributed by atoms with E-state index in [0.717, 1.165) is 11.3 Å². The van der Waals surface area contributed by atoms with Crippen LogP contribution in [0.3, 0.4) is 0 Å². The minimum absolute atomic E-state index is 0.388. The van der Waals surface area contributed by atoms with Crippen molar-refractivity contribution in [1.82, 2.24) is 15.0 Å². The highest BCUT2D eigenvalue weighted by atomic mass is 15.2. The normalized spacial score (nSPS) is 9.83. The van der Waals surface area contributed by atoms with Gasteiger partial charge in [0.2, 0.25) is 5.95 Å². The monoisotopic (exact) mass is 239 g/mol. The SMILES string of the molecule is Cc1cc(C#N)nc(N(C)Cc2ccncc2)n1. The molecule has 90 valence electrons. The largest absolute Gasteiger partial charge is 0.340 e. The Morgan fingerprint density at radius 3 is 2.67 bits per heavy atom. The molecule has 0 saturated heterocycles. The highest BCUT2D eigenvalue weighted by Crippen LogP contribution is 2.11. The van der Waals surface area contributed by atoms with Gasteiger partial charge >= 0.3 is 0 Å². The lowest BCUT2D eigenvalue weighted by Gasteiger charge is -2.17. The molecule has 2 aromatic heterocycles. The first-order valence-electron chi connectivity index (χ1n) is 5.55. The minimum atomic E-state index is 0.388. The third kappa shape index (κ3) is 2.80. The van der Waals surface area contributed by atoms with E-state index in [-0.39, 0.29) is 0 Å². The molecule has 0 aliphatic carbocycles. The van der Waals surface area contributed by atoms with E-state index in [1.54, 1.807) is 18.5 Å². The van der Waals surface area contributed by atoms with Crippen LogP contribution in [0.15, 0.2) is 30.6 Å². The van der Waals surface area contributed by atoms with E-state index in [2.05, 4.69) is 15.0 Å². The van der Waals surface area contributed by atoms with Crippen LogP contribution in [0.5, 0.6) is 0 Å². The Labute approximate surface area is 106 Å². The van der Waals surface area contributed by atoms with Gasteiger partial charge in [0.1, 0.15) is 11.8 Å². The first kappa shape index (κ1) is 12.0. The zero-order chi connectivity index (χ0) is 13.0. The molecule has 0 N–H and O–H groups in total. The summed E-state index contributed by atoms with van der Waals surface area (Å²) in [4.78, 5) is 14.4. The predicted molar refractivity (Wildman–Crippen MR) is 67.8 cm³/mol. The molecular weight excluding hydrogens is 226 g/mol. The van der Waals surface area contributed by atoms with Crippen LogP contribution in [-0.2, 0) is 6.54 Å². The van der Waals surface area contributed by atoms with Crippen LogP contribution < -0.4 is 4.90 Å². The summed E-state index contributed by atoms with van der Waals surface area (Å²) in [5.41, 5.74) is 2.30. The quantitative estimate of drug-likeness (QED) is 0.815. The first-order chi connectivity index (χ1) is 8.69. The summed E-state index contributed by atoms with van der Waals surface area (Å²) in [6.45, 7) is 2.53. The van der Waals surface area contributed by atoms with Crippen LogP contribution >= 0.6 is 0 Å². The number of hydrogen-bond acceptors (Lipinski definition) is 5. The molecule has 2 aromatic rings. The van der Waals surface area contributed by atoms with Crippen molar-refractivity contribution < 1.29 is 0 Å². The van der Waals surface area contributed by atoms with E-state index in [1.807, 2.05) is 37.1 Å². The van der Waals surface area contributed by atoms with Gasteiger partial charge in [-0.1, -0.05) is 0 Å². The first-order valence-corrected chi connectivity index (χ1v) is 5.55. The fourth-order valence-electron chi connectivity index (χ4n) is 1.61. The molecule has 0 saturated carbocycles. The van der Waals surface area contributed by atoms with E-state index < -0.39 is 0 Å². The van der Waals surface area contributed by atoms with E-state index in [4.69, 9.17) is 5.26 Å². The van der Waals surface area contributed by atoms with Crippen molar-refractivity contribution in [3.05, 3.63) is 47.5 Å². The molecule has 0 fully saturated rings. The Morgan fingerprint density at radius 2 is 2.00 bits per heavy atom. The Bertz CT molecular complexity index is 574. The predicted octanol–water partition coefficient (Wildman–Crippen LogP) is 1.69. The molecule has 0 radical (unpaired) electrons. The van der Waals surface area contributed by atoms with Crippen LogP contribution in [0.2, 0.25) is 0 Å². The minimum Gasteiger partial charge on any atom is -0.340 e. The maximum atomic E-state index is 8.89. The number of rotatable bonds is 3. The molecule has 5 nitrogen and oxygen atoms in total. The maximum absolute atomic E-state index is 8.89. The summed E-state index contributed by atoms with van der Waals surface area (Å²) in [7, 11) is 1.90. The number of aryl methyl sites for hydroxylation is 1. The lowest BCUT2D eigenvalue weighted by Crippen LogP contribution is -2.19. The number of nitriles is 1. The Morgan fingerprint density at radius 1 is 1.28 bits per heavy atom. The Kier molecular flexibility index (Phi) is 3.49. The number of nitrogens with zero attached hydrogens (tertiary/aromatic N) is 5. The van der Waals surface area contributed by atoms with Gasteiger partial charge in [0.15, 0.2) is 0 Å². The van der Waals surface area contributed by atoms with Gasteiger partial charge in [0.25, 0.3) is 0 Å². The highest BCUT2D eigenvalue weighted by molar-refractivity contribution is 5.36. The molecule has 0 atom stereocenters. The van der Waals surface area contributed by atoms with Gasteiger partial charge in [0.05, 0.1) is 0 Å². The standard InChI is InChI=1S/C13H13N5/c1-10-7-12(8-14)17-13(16-10)18(2)9-11-3-5-15-6-4-11/h3-7H,9H2,1-2H3. The molecule has 0 aliphatic heterocycles. The van der Waals surface area contributed by atoms with Crippen molar-refractivity contribution in [2.75, 3.05) is 11.9 Å². The molecule has 5 heteroatoms. The second kappa shape index (κ2) is 5.23. The van der Waals surface area contributed by atoms with Crippen LogP contribution in [0.25, 0.3) is 0 Å². The van der Waals surface area contributed by atoms with Crippen molar-refractivity contribution in [2.24, 2.45) is 0 Å². The molecule has 0 amide bonds. The van der Waals surface area contributed by atoms with Crippen LogP contribution in [-0.4, -0.2) is 22.0 Å². The van der Waals surface area contributed by atoms with Crippen molar-refractivity contribution in [3.63, 3.8) is 0 Å². The number of aromatic nitrogens is 3. The number of anilines is 1. The average Bonchev–Trinajstić information content (AvgIpc) is 2.39. The van der Waals surface area contributed by atoms with E-state index >= 15 is 0 Å². The molecule has 0 aliphatic rings. The van der Waals surface area contributed by atoms with Gasteiger partial charge in [-0.25, -0.2) is 9.97 Å². The third-order valence-electron chi connectivity index (χ3n) is 2.47. The summed E-state index contributed by atoms with van der Waals surface area (Å²) in [5.74, 6) is 0.559. The summed E-state index contributed by atoms with van der Waals surface area (Å²) in [5, 5.41) is 8.89. The fraction of sp³-hybridized carbons (Fsp3) is 0.231. The summed E-state index contributed by atoms with van der Waals surface area (Å²) >= 11 is 0. The van der Waals surface area contributed by atoms with Gasteiger partial charge in [-0.05, 0) is 30.7 Å². The van der Waals surface area contributed by atoms with Crippen LogP contribution in [0, 0.1) is 18.3 Å². The molecular formula is C13H13N5. The van der Waals surface area contributed by atoms with Gasteiger partial charge in [-0.15, -0.1) is 0 Å². The van der Waals surface area contributed by atoms with Crippen LogP contribution in [0.4, 0.5) is 5.95 Å². The number of hydrogen-bond donors (Lipinski definition) is 0. The fourth-order valence-corrected chi connectivity index (χ4v) is 1.61. The average molecular weight is 239 g/mol. The van der Waals surface area contributed by atoms with Crippen LogP contribution in [0.1, 0.15) is 17.0 Å². The smallest absolute Gasteiger partial charge is 0.226 e. The molecule has 2 heterocycles. The zero-order valence-corrected chi connectivity index (χ0v) is 10.3. The van der Waals surface area contributed by atoms with Gasteiger partial charge < -0.3 is 4.90 Å². The van der Waals surface area contributed by atoms with E-state index in [9.17, 15) is 0 Å². The van der Waals surface area contributed by atoms with E-state index in [0.29, 0.717) is 18.2 Å². The van der Waals surface area contributed by atoms with Crippen molar-refractivity contribution in [3.8, 4) is 6.07 Å². The topological polar surface area (TPSA) is 65.7 Å². The zero-order valence-electron chi connectivity index (χ0n) is 10.3. The molecule has 0 aromatic carbocycles. The van der Waals surface area contributed by atoms with Crippen molar-refractivity contribution in [2.45, 2.75) is 13.5 Å².